The van der Waals surface area contributed by atoms with E-state index >= 15 is 0 Å². The fraction of sp³-hybridized carbons (Fsp3) is 1.00. The Kier molecular flexibility index (Phi) is 3.25. The van der Waals surface area contributed by atoms with Gasteiger partial charge in [-0.05, 0) is 85.9 Å². The summed E-state index contributed by atoms with van der Waals surface area (Å²) in [6.45, 7) is 4.97. The lowest BCUT2D eigenvalue weighted by atomic mass is 9.44. The molecule has 8 atom stereocenters. The number of aliphatic hydroxyl groups excluding tert-OH is 2. The molecule has 4 aliphatic carbocycles. The Balaban J connectivity index is 1.66. The van der Waals surface area contributed by atoms with E-state index in [4.69, 9.17) is 0 Å². The van der Waals surface area contributed by atoms with Gasteiger partial charge < -0.3 is 10.2 Å². The van der Waals surface area contributed by atoms with Gasteiger partial charge in [-0.25, -0.2) is 0 Å². The van der Waals surface area contributed by atoms with Gasteiger partial charge in [-0.1, -0.05) is 20.3 Å². The van der Waals surface area contributed by atoms with Crippen LogP contribution in [0.5, 0.6) is 0 Å². The molecule has 0 radical (unpaired) electrons. The average molecular weight is 292 g/mol. The summed E-state index contributed by atoms with van der Waals surface area (Å²) < 4.78 is 0. The van der Waals surface area contributed by atoms with Crippen LogP contribution in [0, 0.1) is 34.5 Å². The quantitative estimate of drug-likeness (QED) is 0.714. The minimum atomic E-state index is -0.172. The summed E-state index contributed by atoms with van der Waals surface area (Å²) in [4.78, 5) is 0. The van der Waals surface area contributed by atoms with Crippen molar-refractivity contribution < 1.29 is 10.2 Å². The third-order valence-corrected chi connectivity index (χ3v) is 8.43. The van der Waals surface area contributed by atoms with Gasteiger partial charge >= 0.3 is 0 Å². The lowest BCUT2D eigenvalue weighted by Crippen LogP contribution is -2.57. The molecule has 0 heterocycles. The van der Waals surface area contributed by atoms with Crippen molar-refractivity contribution in [1.29, 1.82) is 0 Å². The first-order valence-electron chi connectivity index (χ1n) is 9.30. The molecule has 0 aromatic heterocycles. The number of fused-ring (bicyclic) bond motifs is 5. The highest BCUT2D eigenvalue weighted by Gasteiger charge is 2.59. The molecule has 21 heavy (non-hydrogen) atoms. The maximum absolute atomic E-state index is 10.8. The summed E-state index contributed by atoms with van der Waals surface area (Å²) in [6, 6.07) is 0. The number of rotatable bonds is 0. The number of hydrogen-bond acceptors (Lipinski definition) is 2. The topological polar surface area (TPSA) is 40.5 Å². The van der Waals surface area contributed by atoms with Gasteiger partial charge in [0.2, 0.25) is 0 Å². The van der Waals surface area contributed by atoms with Crippen molar-refractivity contribution in [1.82, 2.24) is 0 Å². The van der Waals surface area contributed by atoms with Crippen LogP contribution in [0.4, 0.5) is 0 Å². The summed E-state index contributed by atoms with van der Waals surface area (Å²) in [6.07, 6.45) is 10.6. The summed E-state index contributed by atoms with van der Waals surface area (Å²) in [5.41, 5.74) is 0.851. The first kappa shape index (κ1) is 14.5. The molecule has 0 unspecified atom stereocenters. The second-order valence-electron chi connectivity index (χ2n) is 9.31. The van der Waals surface area contributed by atoms with Gasteiger partial charge in [0.15, 0.2) is 0 Å². The zero-order valence-corrected chi connectivity index (χ0v) is 13.7. The second-order valence-corrected chi connectivity index (χ2v) is 9.31. The monoisotopic (exact) mass is 292 g/mol. The van der Waals surface area contributed by atoms with Gasteiger partial charge in [0, 0.05) is 0 Å². The van der Waals surface area contributed by atoms with E-state index in [2.05, 4.69) is 13.8 Å². The minimum Gasteiger partial charge on any atom is -0.393 e. The Morgan fingerprint density at radius 3 is 2.43 bits per heavy atom. The van der Waals surface area contributed by atoms with Gasteiger partial charge in [0.1, 0.15) is 0 Å². The molecule has 0 aromatic carbocycles. The molecule has 4 aliphatic rings. The van der Waals surface area contributed by atoms with Crippen LogP contribution < -0.4 is 0 Å². The molecule has 4 saturated carbocycles. The number of hydrogen-bond donors (Lipinski definition) is 2. The van der Waals surface area contributed by atoms with E-state index in [1.165, 1.54) is 32.1 Å². The van der Waals surface area contributed by atoms with E-state index in [0.717, 1.165) is 43.4 Å². The molecule has 0 bridgehead atoms. The first-order chi connectivity index (χ1) is 9.94. The van der Waals surface area contributed by atoms with Crippen LogP contribution in [-0.2, 0) is 0 Å². The van der Waals surface area contributed by atoms with Crippen LogP contribution in [0.2, 0.25) is 0 Å². The van der Waals surface area contributed by atoms with Crippen molar-refractivity contribution in [3.8, 4) is 0 Å². The largest absolute Gasteiger partial charge is 0.393 e. The van der Waals surface area contributed by atoms with Gasteiger partial charge in [-0.15, -0.1) is 0 Å². The maximum atomic E-state index is 10.8. The second kappa shape index (κ2) is 4.71. The Hall–Kier alpha value is -0.0800. The maximum Gasteiger partial charge on any atom is 0.0577 e. The fourth-order valence-corrected chi connectivity index (χ4v) is 7.27. The van der Waals surface area contributed by atoms with Crippen molar-refractivity contribution in [3.63, 3.8) is 0 Å². The van der Waals surface area contributed by atoms with Crippen LogP contribution in [0.15, 0.2) is 0 Å². The third kappa shape index (κ3) is 1.97. The fourth-order valence-electron chi connectivity index (χ4n) is 7.27. The van der Waals surface area contributed by atoms with E-state index in [1.807, 2.05) is 0 Å². The minimum absolute atomic E-state index is 0.172. The molecule has 2 heteroatoms. The molecular weight excluding hydrogens is 260 g/mol. The Bertz CT molecular complexity index is 422. The van der Waals surface area contributed by atoms with E-state index in [1.54, 1.807) is 0 Å². The highest BCUT2D eigenvalue weighted by molar-refractivity contribution is 5.09. The molecule has 4 rings (SSSR count). The van der Waals surface area contributed by atoms with Crippen molar-refractivity contribution in [3.05, 3.63) is 0 Å². The highest BCUT2D eigenvalue weighted by atomic mass is 16.3. The van der Waals surface area contributed by atoms with Crippen LogP contribution >= 0.6 is 0 Å². The van der Waals surface area contributed by atoms with Crippen LogP contribution in [0.3, 0.4) is 0 Å². The van der Waals surface area contributed by atoms with E-state index in [9.17, 15) is 10.2 Å². The Morgan fingerprint density at radius 1 is 0.810 bits per heavy atom. The lowest BCUT2D eigenvalue weighted by molar-refractivity contribution is -0.167. The lowest BCUT2D eigenvalue weighted by Gasteiger charge is -2.61. The molecule has 2 N–H and O–H groups in total. The molecule has 120 valence electrons. The standard InChI is InChI=1S/C19H32O2/c1-18-7-3-4-14(18)13-11-17(21)16-10-12(20)5-9-19(16,2)15(13)6-8-18/h12-17,20-21H,3-11H2,1-2H3/t12-,13+,14+,15+,16+,17+,18+,19-/m1/s1. The molecule has 0 spiro atoms. The summed E-state index contributed by atoms with van der Waals surface area (Å²) >= 11 is 0. The van der Waals surface area contributed by atoms with Gasteiger partial charge in [0.25, 0.3) is 0 Å². The van der Waals surface area contributed by atoms with Crippen LogP contribution in [0.25, 0.3) is 0 Å². The smallest absolute Gasteiger partial charge is 0.0577 e. The molecule has 0 aliphatic heterocycles. The Morgan fingerprint density at radius 2 is 1.62 bits per heavy atom. The van der Waals surface area contributed by atoms with E-state index in [0.29, 0.717) is 11.3 Å². The van der Waals surface area contributed by atoms with Crippen LogP contribution in [-0.4, -0.2) is 22.4 Å². The van der Waals surface area contributed by atoms with Gasteiger partial charge in [0.05, 0.1) is 12.2 Å². The highest BCUT2D eigenvalue weighted by Crippen LogP contribution is 2.66. The van der Waals surface area contributed by atoms with Crippen molar-refractivity contribution in [2.24, 2.45) is 34.5 Å². The third-order valence-electron chi connectivity index (χ3n) is 8.43. The molecule has 0 saturated heterocycles. The molecular formula is C19H32O2. The SMILES string of the molecule is C[C@@]12CCC[C@H]1[C@@H]1C[C@H](O)[C@@H]3C[C@H](O)CC[C@]3(C)[C@H]1CC2. The summed E-state index contributed by atoms with van der Waals surface area (Å²) in [5.74, 6) is 2.75. The predicted octanol–water partition coefficient (Wildman–Crippen LogP) is 3.75. The average Bonchev–Trinajstić information content (AvgIpc) is 2.83. The first-order valence-corrected chi connectivity index (χ1v) is 9.30. The molecule has 2 nitrogen and oxygen atoms in total. The van der Waals surface area contributed by atoms with Gasteiger partial charge in [-0.2, -0.15) is 0 Å². The van der Waals surface area contributed by atoms with Crippen molar-refractivity contribution >= 4 is 0 Å². The molecule has 0 aromatic rings. The zero-order valence-electron chi connectivity index (χ0n) is 13.7. The van der Waals surface area contributed by atoms with Gasteiger partial charge in [-0.3, -0.25) is 0 Å². The molecule has 4 fully saturated rings. The van der Waals surface area contributed by atoms with E-state index < -0.39 is 0 Å². The Labute approximate surface area is 129 Å². The van der Waals surface area contributed by atoms with Crippen LogP contribution in [0.1, 0.15) is 71.6 Å². The molecule has 0 amide bonds. The zero-order chi connectivity index (χ0) is 14.8. The predicted molar refractivity (Wildman–Crippen MR) is 83.7 cm³/mol. The number of aliphatic hydroxyl groups is 2. The summed E-state index contributed by atoms with van der Waals surface area (Å²) in [5, 5.41) is 20.9. The summed E-state index contributed by atoms with van der Waals surface area (Å²) in [7, 11) is 0. The van der Waals surface area contributed by atoms with Crippen molar-refractivity contribution in [2.45, 2.75) is 83.8 Å². The van der Waals surface area contributed by atoms with E-state index in [-0.39, 0.29) is 17.6 Å². The van der Waals surface area contributed by atoms with Crippen molar-refractivity contribution in [2.75, 3.05) is 0 Å². The normalized spacial score (nSPS) is 60.0.